The van der Waals surface area contributed by atoms with E-state index in [0.717, 1.165) is 31.6 Å². The van der Waals surface area contributed by atoms with Gasteiger partial charge >= 0.3 is 0 Å². The molecule has 2 unspecified atom stereocenters. The molecule has 4 N–H and O–H groups in total. The van der Waals surface area contributed by atoms with Crippen molar-refractivity contribution in [3.63, 3.8) is 0 Å². The number of rotatable bonds is 5. The highest BCUT2D eigenvalue weighted by Crippen LogP contribution is 2.33. The smallest absolute Gasteiger partial charge is 0.224 e. The molecule has 0 heterocycles. The standard InChI is InChI=1S/C14H28N2O2/c1-4-12-5-7-14(18,8-6-12)9-16-13(17)10(2)11(3)15/h10-12,18H,4-9,15H2,1-3H3,(H,16,17). The Morgan fingerprint density at radius 1 is 1.44 bits per heavy atom. The lowest BCUT2D eigenvalue weighted by molar-refractivity contribution is -0.126. The maximum atomic E-state index is 11.8. The van der Waals surface area contributed by atoms with E-state index < -0.39 is 5.60 Å². The molecule has 1 rings (SSSR count). The van der Waals surface area contributed by atoms with Crippen molar-refractivity contribution in [3.8, 4) is 0 Å². The lowest BCUT2D eigenvalue weighted by Gasteiger charge is -2.36. The number of nitrogens with two attached hydrogens (primary N) is 1. The van der Waals surface area contributed by atoms with Gasteiger partial charge in [-0.15, -0.1) is 0 Å². The first-order valence-corrected chi connectivity index (χ1v) is 7.13. The summed E-state index contributed by atoms with van der Waals surface area (Å²) in [6, 6.07) is -0.157. The van der Waals surface area contributed by atoms with Gasteiger partial charge in [-0.3, -0.25) is 4.79 Å². The normalized spacial score (nSPS) is 31.7. The van der Waals surface area contributed by atoms with Crippen molar-refractivity contribution in [3.05, 3.63) is 0 Å². The lowest BCUT2D eigenvalue weighted by Crippen LogP contribution is -2.48. The molecule has 0 aromatic heterocycles. The molecule has 1 aliphatic rings. The number of hydrogen-bond donors (Lipinski definition) is 3. The van der Waals surface area contributed by atoms with E-state index in [1.54, 1.807) is 0 Å². The molecule has 0 aromatic rings. The predicted molar refractivity (Wildman–Crippen MR) is 73.0 cm³/mol. The van der Waals surface area contributed by atoms with E-state index in [1.165, 1.54) is 6.42 Å². The molecule has 0 spiro atoms. The molecule has 1 fully saturated rings. The van der Waals surface area contributed by atoms with Crippen molar-refractivity contribution in [1.82, 2.24) is 5.32 Å². The molecule has 4 nitrogen and oxygen atoms in total. The first-order chi connectivity index (χ1) is 8.38. The van der Waals surface area contributed by atoms with Crippen molar-refractivity contribution in [2.45, 2.75) is 64.5 Å². The third-order valence-corrected chi connectivity index (χ3v) is 4.41. The summed E-state index contributed by atoms with van der Waals surface area (Å²) in [5.74, 6) is 0.473. The van der Waals surface area contributed by atoms with E-state index >= 15 is 0 Å². The average molecular weight is 256 g/mol. The van der Waals surface area contributed by atoms with Crippen molar-refractivity contribution in [1.29, 1.82) is 0 Å². The van der Waals surface area contributed by atoms with Gasteiger partial charge in [0.15, 0.2) is 0 Å². The molecule has 4 heteroatoms. The van der Waals surface area contributed by atoms with Crippen LogP contribution in [-0.2, 0) is 4.79 Å². The van der Waals surface area contributed by atoms with Crippen LogP contribution in [0.5, 0.6) is 0 Å². The molecular formula is C14H28N2O2. The maximum absolute atomic E-state index is 11.8. The first-order valence-electron chi connectivity index (χ1n) is 7.13. The zero-order valence-electron chi connectivity index (χ0n) is 11.9. The molecule has 0 aromatic carbocycles. The number of hydrogen-bond acceptors (Lipinski definition) is 3. The largest absolute Gasteiger partial charge is 0.388 e. The van der Waals surface area contributed by atoms with Crippen LogP contribution >= 0.6 is 0 Å². The van der Waals surface area contributed by atoms with Crippen molar-refractivity contribution >= 4 is 5.91 Å². The number of aliphatic hydroxyl groups is 1. The molecule has 1 amide bonds. The van der Waals surface area contributed by atoms with Crippen molar-refractivity contribution in [2.24, 2.45) is 17.6 Å². The molecular weight excluding hydrogens is 228 g/mol. The van der Waals surface area contributed by atoms with Gasteiger partial charge in [0.25, 0.3) is 0 Å². The molecule has 1 saturated carbocycles. The lowest BCUT2D eigenvalue weighted by atomic mass is 9.78. The van der Waals surface area contributed by atoms with Gasteiger partial charge in [0.2, 0.25) is 5.91 Å². The second-order valence-corrected chi connectivity index (χ2v) is 5.94. The third-order valence-electron chi connectivity index (χ3n) is 4.41. The molecule has 0 saturated heterocycles. The van der Waals surface area contributed by atoms with E-state index in [-0.39, 0.29) is 17.9 Å². The van der Waals surface area contributed by atoms with E-state index in [1.807, 2.05) is 13.8 Å². The minimum absolute atomic E-state index is 0.0592. The quantitative estimate of drug-likeness (QED) is 0.696. The summed E-state index contributed by atoms with van der Waals surface area (Å²) in [6.07, 6.45) is 4.89. The number of amides is 1. The van der Waals surface area contributed by atoms with Crippen LogP contribution in [0.2, 0.25) is 0 Å². The minimum atomic E-state index is -0.709. The molecule has 0 aliphatic heterocycles. The second kappa shape index (κ2) is 6.53. The highest BCUT2D eigenvalue weighted by atomic mass is 16.3. The zero-order valence-corrected chi connectivity index (χ0v) is 11.9. The Balaban J connectivity index is 2.37. The van der Waals surface area contributed by atoms with Gasteiger partial charge in [-0.2, -0.15) is 0 Å². The third kappa shape index (κ3) is 4.25. The molecule has 1 aliphatic carbocycles. The molecule has 106 valence electrons. The van der Waals surface area contributed by atoms with Gasteiger partial charge in [0.05, 0.1) is 5.60 Å². The van der Waals surface area contributed by atoms with Gasteiger partial charge in [-0.05, 0) is 38.5 Å². The van der Waals surface area contributed by atoms with E-state index in [2.05, 4.69) is 12.2 Å². The van der Waals surface area contributed by atoms with Crippen LogP contribution in [0.15, 0.2) is 0 Å². The monoisotopic (exact) mass is 256 g/mol. The van der Waals surface area contributed by atoms with Crippen molar-refractivity contribution < 1.29 is 9.90 Å². The summed E-state index contributed by atoms with van der Waals surface area (Å²) in [5.41, 5.74) is 4.98. The molecule has 2 atom stereocenters. The predicted octanol–water partition coefficient (Wildman–Crippen LogP) is 1.42. The Bertz CT molecular complexity index is 271. The van der Waals surface area contributed by atoms with Crippen LogP contribution < -0.4 is 11.1 Å². The maximum Gasteiger partial charge on any atom is 0.224 e. The minimum Gasteiger partial charge on any atom is -0.388 e. The first kappa shape index (κ1) is 15.4. The van der Waals surface area contributed by atoms with Gasteiger partial charge in [-0.1, -0.05) is 20.3 Å². The zero-order chi connectivity index (χ0) is 13.8. The summed E-state index contributed by atoms with van der Waals surface area (Å²) in [4.78, 5) is 11.8. The van der Waals surface area contributed by atoms with E-state index in [0.29, 0.717) is 6.54 Å². The summed E-state index contributed by atoms with van der Waals surface area (Å²) in [5, 5.41) is 13.2. The Hall–Kier alpha value is -0.610. The van der Waals surface area contributed by atoms with Gasteiger partial charge < -0.3 is 16.2 Å². The Morgan fingerprint density at radius 2 is 2.00 bits per heavy atom. The Labute approximate surface area is 110 Å². The number of carbonyl (C=O) groups is 1. The summed E-state index contributed by atoms with van der Waals surface area (Å²) in [6.45, 7) is 6.20. The van der Waals surface area contributed by atoms with Crippen LogP contribution in [0.3, 0.4) is 0 Å². The average Bonchev–Trinajstić information content (AvgIpc) is 2.36. The van der Waals surface area contributed by atoms with Crippen LogP contribution in [-0.4, -0.2) is 29.2 Å². The van der Waals surface area contributed by atoms with Crippen LogP contribution in [0, 0.1) is 11.8 Å². The number of nitrogens with one attached hydrogen (secondary N) is 1. The van der Waals surface area contributed by atoms with Crippen LogP contribution in [0.1, 0.15) is 52.9 Å². The highest BCUT2D eigenvalue weighted by molar-refractivity contribution is 5.78. The van der Waals surface area contributed by atoms with E-state index in [4.69, 9.17) is 5.73 Å². The fourth-order valence-electron chi connectivity index (χ4n) is 2.45. The van der Waals surface area contributed by atoms with Crippen molar-refractivity contribution in [2.75, 3.05) is 6.54 Å². The topological polar surface area (TPSA) is 75.3 Å². The van der Waals surface area contributed by atoms with Gasteiger partial charge in [-0.25, -0.2) is 0 Å². The molecule has 0 bridgehead atoms. The summed E-state index contributed by atoms with van der Waals surface area (Å²) in [7, 11) is 0. The molecule has 18 heavy (non-hydrogen) atoms. The second-order valence-electron chi connectivity index (χ2n) is 5.94. The van der Waals surface area contributed by atoms with Gasteiger partial charge in [0, 0.05) is 18.5 Å². The fraction of sp³-hybridized carbons (Fsp3) is 0.929. The number of carbonyl (C=O) groups excluding carboxylic acids is 1. The Kier molecular flexibility index (Phi) is 5.60. The van der Waals surface area contributed by atoms with Crippen LogP contribution in [0.4, 0.5) is 0 Å². The fourth-order valence-corrected chi connectivity index (χ4v) is 2.45. The highest BCUT2D eigenvalue weighted by Gasteiger charge is 2.33. The SMILES string of the molecule is CCC1CCC(O)(CNC(=O)C(C)C(C)N)CC1. The Morgan fingerprint density at radius 3 is 2.44 bits per heavy atom. The van der Waals surface area contributed by atoms with E-state index in [9.17, 15) is 9.90 Å². The summed E-state index contributed by atoms with van der Waals surface area (Å²) >= 11 is 0. The van der Waals surface area contributed by atoms with Gasteiger partial charge in [0.1, 0.15) is 0 Å². The van der Waals surface area contributed by atoms with Crippen LogP contribution in [0.25, 0.3) is 0 Å². The molecule has 0 radical (unpaired) electrons. The summed E-state index contributed by atoms with van der Waals surface area (Å²) < 4.78 is 0.